The third kappa shape index (κ3) is 8.36. The smallest absolute Gasteiger partial charge is 0.264 e. The summed E-state index contributed by atoms with van der Waals surface area (Å²) in [5, 5.41) is 0. The fourth-order valence-electron chi connectivity index (χ4n) is 10.5. The molecule has 44 heavy (non-hydrogen) atoms. The van der Waals surface area contributed by atoms with E-state index in [0.717, 1.165) is 32.1 Å². The second-order valence-electron chi connectivity index (χ2n) is 15.9. The predicted octanol–water partition coefficient (Wildman–Crippen LogP) is 5.53. The lowest BCUT2D eigenvalue weighted by atomic mass is 9.42. The Morgan fingerprint density at radius 3 is 1.95 bits per heavy atom. The monoisotopic (exact) mass is 688 g/mol. The molecule has 5 unspecified atom stereocenters. The number of fused-ring (bicyclic) bond motifs is 5. The van der Waals surface area contributed by atoms with E-state index in [9.17, 15) is 38.9 Å². The van der Waals surface area contributed by atoms with Crippen LogP contribution in [0.5, 0.6) is 0 Å². The van der Waals surface area contributed by atoms with Crippen molar-refractivity contribution in [2.24, 2.45) is 57.7 Å². The maximum absolute atomic E-state index is 11.8. The summed E-state index contributed by atoms with van der Waals surface area (Å²) < 4.78 is 113. The van der Waals surface area contributed by atoms with Crippen LogP contribution in [0.15, 0.2) is 0 Å². The molecule has 0 bridgehead atoms. The summed E-state index contributed by atoms with van der Waals surface area (Å²) in [5.74, 6) is 0.833. The average Bonchev–Trinajstić information content (AvgIpc) is 3.17. The average molecular weight is 689 g/mol. The highest BCUT2D eigenvalue weighted by Gasteiger charge is 2.64. The van der Waals surface area contributed by atoms with Gasteiger partial charge in [-0.25, -0.2) is 12.5 Å². The molecule has 4 aliphatic carbocycles. The molecule has 11 atom stereocenters. The van der Waals surface area contributed by atoms with Crippen molar-refractivity contribution >= 4 is 31.2 Å². The van der Waals surface area contributed by atoms with Gasteiger partial charge in [-0.15, -0.1) is 0 Å². The van der Waals surface area contributed by atoms with Crippen LogP contribution in [0.3, 0.4) is 0 Å². The van der Waals surface area contributed by atoms with Crippen molar-refractivity contribution in [3.63, 3.8) is 0 Å². The zero-order valence-electron chi connectivity index (χ0n) is 26.7. The lowest BCUT2D eigenvalue weighted by molar-refractivity contribution is -0.176. The molecule has 0 amide bonds. The fraction of sp³-hybridized carbons (Fsp3) is 1.00. The van der Waals surface area contributed by atoms with Gasteiger partial charge in [-0.2, -0.15) is 25.3 Å². The molecule has 0 radical (unpaired) electrons. The van der Waals surface area contributed by atoms with Crippen LogP contribution < -0.4 is 0 Å². The molecule has 4 saturated carbocycles. The molecule has 0 aromatic heterocycles. The Labute approximate surface area is 264 Å². The first-order valence-electron chi connectivity index (χ1n) is 15.8. The molecule has 0 spiro atoms. The molecule has 0 aliphatic heterocycles. The molecular weight excluding hydrogens is 637 g/mol. The summed E-state index contributed by atoms with van der Waals surface area (Å²) in [6.07, 6.45) is 5.11. The van der Waals surface area contributed by atoms with Crippen LogP contribution in [0, 0.1) is 57.7 Å². The Morgan fingerprint density at radius 1 is 0.795 bits per heavy atom. The SMILES string of the molecule is C[C@H](CCCC(C)(C)C)C1CCC2C3C[C@H](COS(=O)(=O)O)C4C[C@H](OS(=O)(=O)O)[C@@H](OS(=O)(=O)O)C[C@]4(C)C3CC[C@@]21C. The lowest BCUT2D eigenvalue weighted by Gasteiger charge is -2.63. The lowest BCUT2D eigenvalue weighted by Crippen LogP contribution is -2.60. The van der Waals surface area contributed by atoms with Crippen LogP contribution in [0.25, 0.3) is 0 Å². The Balaban J connectivity index is 1.66. The molecule has 4 aliphatic rings. The van der Waals surface area contributed by atoms with Gasteiger partial charge >= 0.3 is 31.2 Å². The minimum Gasteiger partial charge on any atom is -0.264 e. The molecule has 3 N–H and O–H groups in total. The highest BCUT2D eigenvalue weighted by Crippen LogP contribution is 2.69. The third-order valence-corrected chi connectivity index (χ3v) is 13.5. The van der Waals surface area contributed by atoms with Crippen LogP contribution >= 0.6 is 0 Å². The van der Waals surface area contributed by atoms with E-state index in [4.69, 9.17) is 12.5 Å². The van der Waals surface area contributed by atoms with Gasteiger partial charge in [-0.05, 0) is 109 Å². The highest BCUT2D eigenvalue weighted by molar-refractivity contribution is 7.81. The van der Waals surface area contributed by atoms with Crippen molar-refractivity contribution in [1.82, 2.24) is 0 Å². The highest BCUT2D eigenvalue weighted by atomic mass is 32.3. The van der Waals surface area contributed by atoms with Crippen LogP contribution in [0.2, 0.25) is 0 Å². The Bertz CT molecular complexity index is 1360. The van der Waals surface area contributed by atoms with Gasteiger partial charge < -0.3 is 0 Å². The van der Waals surface area contributed by atoms with Gasteiger partial charge in [0.25, 0.3) is 0 Å². The Kier molecular flexibility index (Phi) is 10.4. The van der Waals surface area contributed by atoms with Crippen molar-refractivity contribution < 1.29 is 51.5 Å². The van der Waals surface area contributed by atoms with Gasteiger partial charge in [0, 0.05) is 0 Å². The zero-order chi connectivity index (χ0) is 33.1. The molecule has 12 nitrogen and oxygen atoms in total. The molecule has 258 valence electrons. The summed E-state index contributed by atoms with van der Waals surface area (Å²) in [5.41, 5.74) is -0.298. The first-order chi connectivity index (χ1) is 19.9. The largest absolute Gasteiger partial charge is 0.397 e. The van der Waals surface area contributed by atoms with Gasteiger partial charge in [0.1, 0.15) is 12.2 Å². The predicted molar refractivity (Wildman–Crippen MR) is 162 cm³/mol. The first-order valence-corrected chi connectivity index (χ1v) is 19.9. The van der Waals surface area contributed by atoms with E-state index < -0.39 is 60.7 Å². The quantitative estimate of drug-likeness (QED) is 0.230. The maximum Gasteiger partial charge on any atom is 0.397 e. The molecule has 15 heteroatoms. The van der Waals surface area contributed by atoms with Crippen LogP contribution in [0.4, 0.5) is 0 Å². The number of hydrogen-bond donors (Lipinski definition) is 3. The van der Waals surface area contributed by atoms with Gasteiger partial charge in [0.15, 0.2) is 0 Å². The summed E-state index contributed by atoms with van der Waals surface area (Å²) in [4.78, 5) is 0. The molecule has 0 aromatic rings. The summed E-state index contributed by atoms with van der Waals surface area (Å²) in [7, 11) is -14.8. The van der Waals surface area contributed by atoms with E-state index >= 15 is 0 Å². The van der Waals surface area contributed by atoms with Crippen molar-refractivity contribution in [1.29, 1.82) is 0 Å². The van der Waals surface area contributed by atoms with Crippen molar-refractivity contribution in [2.45, 2.75) is 118 Å². The summed E-state index contributed by atoms with van der Waals surface area (Å²) in [6, 6.07) is 0. The van der Waals surface area contributed by atoms with E-state index in [-0.39, 0.29) is 42.1 Å². The minimum absolute atomic E-state index is 0.00272. The van der Waals surface area contributed by atoms with E-state index in [2.05, 4.69) is 34.6 Å². The Morgan fingerprint density at radius 2 is 1.39 bits per heavy atom. The van der Waals surface area contributed by atoms with E-state index in [0.29, 0.717) is 24.2 Å². The normalized spacial score (nSPS) is 40.6. The molecule has 0 heterocycles. The number of hydrogen-bond acceptors (Lipinski definition) is 9. The standard InChI is InChI=1S/C29H52O12S3/c1-18(8-7-12-27(2,3)4)21-9-10-22-20-14-19(17-39-42(30,31)32)24-15-25(40-43(33,34)35)26(41-44(36,37)38)16-29(24,6)23(20)11-13-28(21,22)5/h18-26H,7-17H2,1-6H3,(H,30,31,32)(H,33,34,35)(H,36,37,38)/t18-,19-,20?,21?,22?,23?,24?,25+,26+,28-,29-/m1/s1. The molecule has 4 rings (SSSR count). The number of rotatable bonds is 11. The van der Waals surface area contributed by atoms with E-state index in [1.807, 2.05) is 6.92 Å². The Hall–Kier alpha value is -0.390. The maximum atomic E-state index is 11.8. The second-order valence-corrected chi connectivity index (χ2v) is 19.1. The topological polar surface area (TPSA) is 191 Å². The van der Waals surface area contributed by atoms with Crippen molar-refractivity contribution in [2.75, 3.05) is 6.61 Å². The van der Waals surface area contributed by atoms with Crippen molar-refractivity contribution in [3.05, 3.63) is 0 Å². The molecular formula is C29H52O12S3. The fourth-order valence-corrected chi connectivity index (χ4v) is 11.9. The molecule has 4 fully saturated rings. The van der Waals surface area contributed by atoms with Crippen molar-refractivity contribution in [3.8, 4) is 0 Å². The van der Waals surface area contributed by atoms with Gasteiger partial charge in [-0.1, -0.05) is 54.4 Å². The minimum atomic E-state index is -5.02. The van der Waals surface area contributed by atoms with Crippen LogP contribution in [0.1, 0.15) is 106 Å². The molecule has 0 aromatic carbocycles. The summed E-state index contributed by atoms with van der Waals surface area (Å²) in [6.45, 7) is 13.2. The van der Waals surface area contributed by atoms with E-state index in [1.165, 1.54) is 12.8 Å². The molecule has 0 saturated heterocycles. The third-order valence-electron chi connectivity index (χ3n) is 12.1. The van der Waals surface area contributed by atoms with Gasteiger partial charge in [0.05, 0.1) is 6.61 Å². The van der Waals surface area contributed by atoms with Crippen LogP contribution in [-0.4, -0.2) is 57.7 Å². The van der Waals surface area contributed by atoms with E-state index in [1.54, 1.807) is 0 Å². The van der Waals surface area contributed by atoms with Crippen LogP contribution in [-0.2, 0) is 43.7 Å². The first kappa shape index (κ1) is 36.4. The van der Waals surface area contributed by atoms with Gasteiger partial charge in [0.2, 0.25) is 0 Å². The zero-order valence-corrected chi connectivity index (χ0v) is 29.2. The van der Waals surface area contributed by atoms with Gasteiger partial charge in [-0.3, -0.25) is 13.7 Å². The second kappa shape index (κ2) is 12.6. The summed E-state index contributed by atoms with van der Waals surface area (Å²) >= 11 is 0.